The molecule has 0 saturated heterocycles. The molecule has 2 rings (SSSR count). The summed E-state index contributed by atoms with van der Waals surface area (Å²) < 4.78 is 5.57. The molecule has 2 heterocycles. The first-order valence-electron chi connectivity index (χ1n) is 7.06. The van der Waals surface area contributed by atoms with Crippen molar-refractivity contribution in [3.8, 4) is 5.75 Å². The number of hydrogen-bond donors (Lipinski definition) is 2. The molecule has 6 nitrogen and oxygen atoms in total. The summed E-state index contributed by atoms with van der Waals surface area (Å²) in [6, 6.07) is 5.67. The molecular formula is C15H21N5O. The van der Waals surface area contributed by atoms with Crippen molar-refractivity contribution in [2.75, 3.05) is 24.2 Å². The fourth-order valence-electron chi connectivity index (χ4n) is 1.78. The number of anilines is 2. The van der Waals surface area contributed by atoms with E-state index in [1.54, 1.807) is 12.4 Å². The lowest BCUT2D eigenvalue weighted by Crippen LogP contribution is -2.10. The van der Waals surface area contributed by atoms with Gasteiger partial charge in [-0.05, 0) is 24.5 Å². The van der Waals surface area contributed by atoms with Crippen LogP contribution < -0.4 is 15.8 Å². The lowest BCUT2D eigenvalue weighted by Gasteiger charge is -2.10. The van der Waals surface area contributed by atoms with E-state index in [4.69, 9.17) is 10.5 Å². The summed E-state index contributed by atoms with van der Waals surface area (Å²) >= 11 is 0. The molecule has 0 aromatic carbocycles. The third-order valence-corrected chi connectivity index (χ3v) is 2.89. The van der Waals surface area contributed by atoms with Gasteiger partial charge in [-0.15, -0.1) is 0 Å². The highest BCUT2D eigenvalue weighted by Crippen LogP contribution is 2.16. The average molecular weight is 287 g/mol. The Labute approximate surface area is 124 Å². The van der Waals surface area contributed by atoms with Gasteiger partial charge in [0.15, 0.2) is 0 Å². The van der Waals surface area contributed by atoms with Gasteiger partial charge in [0.2, 0.25) is 5.95 Å². The summed E-state index contributed by atoms with van der Waals surface area (Å²) in [7, 11) is 0. The molecule has 2 aromatic rings. The van der Waals surface area contributed by atoms with Crippen molar-refractivity contribution in [1.82, 2.24) is 15.0 Å². The van der Waals surface area contributed by atoms with Crippen LogP contribution in [0, 0.1) is 0 Å². The molecule has 0 bridgehead atoms. The zero-order valence-electron chi connectivity index (χ0n) is 12.4. The Balaban J connectivity index is 1.76. The van der Waals surface area contributed by atoms with Crippen LogP contribution in [0.15, 0.2) is 30.6 Å². The van der Waals surface area contributed by atoms with E-state index in [0.29, 0.717) is 18.5 Å². The van der Waals surface area contributed by atoms with Crippen LogP contribution in [0.3, 0.4) is 0 Å². The zero-order valence-corrected chi connectivity index (χ0v) is 12.4. The molecule has 0 amide bonds. The third kappa shape index (κ3) is 4.91. The van der Waals surface area contributed by atoms with Crippen LogP contribution in [-0.2, 0) is 0 Å². The predicted octanol–water partition coefficient (Wildman–Crippen LogP) is 2.46. The number of nitrogens with zero attached hydrogens (tertiary/aromatic N) is 3. The number of pyridine rings is 1. The Hall–Kier alpha value is -2.37. The lowest BCUT2D eigenvalue weighted by atomic mass is 10.1. The first-order valence-corrected chi connectivity index (χ1v) is 7.06. The van der Waals surface area contributed by atoms with Crippen molar-refractivity contribution >= 4 is 11.8 Å². The topological polar surface area (TPSA) is 86.0 Å². The Morgan fingerprint density at radius 2 is 2.19 bits per heavy atom. The minimum atomic E-state index is 0.301. The Morgan fingerprint density at radius 3 is 2.90 bits per heavy atom. The molecule has 3 N–H and O–H groups in total. The minimum Gasteiger partial charge on any atom is -0.492 e. The maximum absolute atomic E-state index is 5.71. The van der Waals surface area contributed by atoms with E-state index in [-0.39, 0.29) is 0 Å². The summed E-state index contributed by atoms with van der Waals surface area (Å²) in [5.41, 5.74) is 6.65. The number of aromatic nitrogens is 3. The molecule has 0 aliphatic heterocycles. The number of hydrogen-bond acceptors (Lipinski definition) is 6. The van der Waals surface area contributed by atoms with Gasteiger partial charge in [-0.2, -0.15) is 4.98 Å². The maximum atomic E-state index is 5.71. The van der Waals surface area contributed by atoms with Crippen molar-refractivity contribution < 1.29 is 4.74 Å². The molecule has 2 aromatic heterocycles. The molecule has 0 unspecified atom stereocenters. The molecule has 0 aliphatic carbocycles. The van der Waals surface area contributed by atoms with E-state index in [0.717, 1.165) is 30.2 Å². The quantitative estimate of drug-likeness (QED) is 0.761. The van der Waals surface area contributed by atoms with Crippen molar-refractivity contribution in [1.29, 1.82) is 0 Å². The summed E-state index contributed by atoms with van der Waals surface area (Å²) in [6.45, 7) is 5.53. The minimum absolute atomic E-state index is 0.301. The summed E-state index contributed by atoms with van der Waals surface area (Å²) in [5, 5.41) is 3.24. The van der Waals surface area contributed by atoms with Gasteiger partial charge < -0.3 is 15.8 Å². The fraction of sp³-hybridized carbons (Fsp3) is 0.400. The summed E-state index contributed by atoms with van der Waals surface area (Å²) in [5.74, 6) is 2.17. The fourth-order valence-corrected chi connectivity index (χ4v) is 1.78. The van der Waals surface area contributed by atoms with Crippen molar-refractivity contribution in [2.24, 2.45) is 0 Å². The van der Waals surface area contributed by atoms with Gasteiger partial charge >= 0.3 is 0 Å². The monoisotopic (exact) mass is 287 g/mol. The average Bonchev–Trinajstić information content (AvgIpc) is 2.47. The number of nitrogens with one attached hydrogen (secondary N) is 1. The molecule has 112 valence electrons. The normalized spacial score (nSPS) is 10.6. The molecule has 0 aliphatic rings. The highest BCUT2D eigenvalue weighted by molar-refractivity contribution is 5.41. The second-order valence-electron chi connectivity index (χ2n) is 5.01. The van der Waals surface area contributed by atoms with Gasteiger partial charge in [0.05, 0.1) is 18.5 Å². The van der Waals surface area contributed by atoms with E-state index in [1.165, 1.54) is 0 Å². The van der Waals surface area contributed by atoms with Gasteiger partial charge in [-0.3, -0.25) is 4.98 Å². The SMILES string of the molecule is CC(C)c1cc(NCCCOc2cccnc2)nc(N)n1. The Morgan fingerprint density at radius 1 is 1.33 bits per heavy atom. The number of rotatable bonds is 7. The Kier molecular flexibility index (Phi) is 5.31. The van der Waals surface area contributed by atoms with Crippen molar-refractivity contribution in [3.05, 3.63) is 36.3 Å². The lowest BCUT2D eigenvalue weighted by molar-refractivity contribution is 0.314. The van der Waals surface area contributed by atoms with Crippen LogP contribution in [0.5, 0.6) is 5.75 Å². The van der Waals surface area contributed by atoms with Crippen LogP contribution in [0.2, 0.25) is 0 Å². The number of nitrogens with two attached hydrogens (primary N) is 1. The van der Waals surface area contributed by atoms with Crippen molar-refractivity contribution in [2.45, 2.75) is 26.2 Å². The van der Waals surface area contributed by atoms with Crippen LogP contribution in [-0.4, -0.2) is 28.1 Å². The largest absolute Gasteiger partial charge is 0.492 e. The van der Waals surface area contributed by atoms with Crippen molar-refractivity contribution in [3.63, 3.8) is 0 Å². The number of ether oxygens (including phenoxy) is 1. The molecule has 6 heteroatoms. The highest BCUT2D eigenvalue weighted by Gasteiger charge is 2.05. The molecular weight excluding hydrogens is 266 g/mol. The molecule has 0 saturated carbocycles. The first kappa shape index (κ1) is 15.0. The highest BCUT2D eigenvalue weighted by atomic mass is 16.5. The molecule has 21 heavy (non-hydrogen) atoms. The van der Waals surface area contributed by atoms with E-state index in [2.05, 4.69) is 34.1 Å². The second-order valence-corrected chi connectivity index (χ2v) is 5.01. The zero-order chi connectivity index (χ0) is 15.1. The predicted molar refractivity (Wildman–Crippen MR) is 83.4 cm³/mol. The van der Waals surface area contributed by atoms with E-state index in [1.807, 2.05) is 18.2 Å². The van der Waals surface area contributed by atoms with Crippen LogP contribution >= 0.6 is 0 Å². The Bertz CT molecular complexity index is 559. The summed E-state index contributed by atoms with van der Waals surface area (Å²) in [4.78, 5) is 12.4. The second kappa shape index (κ2) is 7.42. The van der Waals surface area contributed by atoms with Gasteiger partial charge in [0.1, 0.15) is 11.6 Å². The maximum Gasteiger partial charge on any atom is 0.222 e. The first-order chi connectivity index (χ1) is 10.1. The van der Waals surface area contributed by atoms with Gasteiger partial charge in [0, 0.05) is 18.8 Å². The number of nitrogen functional groups attached to an aromatic ring is 1. The van der Waals surface area contributed by atoms with Crippen LogP contribution in [0.1, 0.15) is 31.9 Å². The standard InChI is InChI=1S/C15H21N5O/c1-11(2)13-9-14(20-15(16)19-13)18-7-4-8-21-12-5-3-6-17-10-12/h3,5-6,9-11H,4,7-8H2,1-2H3,(H3,16,18,19,20). The third-order valence-electron chi connectivity index (χ3n) is 2.89. The molecule has 0 radical (unpaired) electrons. The molecule has 0 spiro atoms. The molecule has 0 atom stereocenters. The van der Waals surface area contributed by atoms with Gasteiger partial charge in [0.25, 0.3) is 0 Å². The van der Waals surface area contributed by atoms with Gasteiger partial charge in [-0.1, -0.05) is 13.8 Å². The van der Waals surface area contributed by atoms with E-state index >= 15 is 0 Å². The van der Waals surface area contributed by atoms with Crippen LogP contribution in [0.25, 0.3) is 0 Å². The smallest absolute Gasteiger partial charge is 0.222 e. The van der Waals surface area contributed by atoms with Gasteiger partial charge in [-0.25, -0.2) is 4.98 Å². The summed E-state index contributed by atoms with van der Waals surface area (Å²) in [6.07, 6.45) is 4.28. The van der Waals surface area contributed by atoms with Crippen LogP contribution in [0.4, 0.5) is 11.8 Å². The van der Waals surface area contributed by atoms with E-state index in [9.17, 15) is 0 Å². The molecule has 0 fully saturated rings. The van der Waals surface area contributed by atoms with E-state index < -0.39 is 0 Å².